The first kappa shape index (κ1) is 18.1. The molecule has 1 aromatic carbocycles. The van der Waals surface area contributed by atoms with E-state index in [1.165, 1.54) is 12.1 Å². The first-order chi connectivity index (χ1) is 11.0. The van der Waals surface area contributed by atoms with Gasteiger partial charge in [-0.05, 0) is 44.0 Å². The lowest BCUT2D eigenvalue weighted by atomic mass is 10.1. The second-order valence-electron chi connectivity index (χ2n) is 5.53. The fourth-order valence-electron chi connectivity index (χ4n) is 2.25. The van der Waals surface area contributed by atoms with Crippen molar-refractivity contribution in [1.82, 2.24) is 4.72 Å². The van der Waals surface area contributed by atoms with Crippen molar-refractivity contribution in [2.75, 3.05) is 32.9 Å². The largest absolute Gasteiger partial charge is 0.490 e. The molecule has 0 amide bonds. The summed E-state index contributed by atoms with van der Waals surface area (Å²) >= 11 is 0. The van der Waals surface area contributed by atoms with E-state index < -0.39 is 15.8 Å². The summed E-state index contributed by atoms with van der Waals surface area (Å²) in [5.74, 6) is -0.380. The lowest BCUT2D eigenvalue weighted by Crippen LogP contribution is -2.25. The molecule has 0 bridgehead atoms. The number of nitrogens with one attached hydrogen (secondary N) is 1. The van der Waals surface area contributed by atoms with Gasteiger partial charge >= 0.3 is 0 Å². The predicted octanol–water partition coefficient (Wildman–Crippen LogP) is 1.26. The van der Waals surface area contributed by atoms with Crippen molar-refractivity contribution in [3.63, 3.8) is 0 Å². The fourth-order valence-corrected chi connectivity index (χ4v) is 3.33. The van der Waals surface area contributed by atoms with Gasteiger partial charge in [0.15, 0.2) is 11.6 Å². The Labute approximate surface area is 136 Å². The van der Waals surface area contributed by atoms with Gasteiger partial charge in [0.2, 0.25) is 10.0 Å². The molecule has 1 atom stereocenters. The van der Waals surface area contributed by atoms with Gasteiger partial charge in [-0.3, -0.25) is 0 Å². The van der Waals surface area contributed by atoms with E-state index in [-0.39, 0.29) is 23.1 Å². The quantitative estimate of drug-likeness (QED) is 0.657. The Morgan fingerprint density at radius 1 is 1.39 bits per heavy atom. The molecule has 0 saturated carbocycles. The van der Waals surface area contributed by atoms with Gasteiger partial charge in [0.25, 0.3) is 0 Å². The lowest BCUT2D eigenvalue weighted by Gasteiger charge is -2.12. The molecule has 130 valence electrons. The summed E-state index contributed by atoms with van der Waals surface area (Å²) in [6, 6.07) is 3.67. The molecule has 2 rings (SSSR count). The summed E-state index contributed by atoms with van der Waals surface area (Å²) in [5.41, 5.74) is 5.35. The molecule has 1 aliphatic heterocycles. The minimum absolute atomic E-state index is 0.0546. The molecule has 0 aromatic heterocycles. The summed E-state index contributed by atoms with van der Waals surface area (Å²) in [6.07, 6.45) is 2.26. The number of halogens is 1. The van der Waals surface area contributed by atoms with E-state index in [0.717, 1.165) is 18.9 Å². The number of nitrogens with two attached hydrogens (primary N) is 1. The van der Waals surface area contributed by atoms with E-state index in [1.54, 1.807) is 0 Å². The molecule has 6 nitrogen and oxygen atoms in total. The summed E-state index contributed by atoms with van der Waals surface area (Å²) < 4.78 is 51.2. The Morgan fingerprint density at radius 2 is 2.22 bits per heavy atom. The van der Waals surface area contributed by atoms with Crippen molar-refractivity contribution in [3.8, 4) is 5.75 Å². The monoisotopic (exact) mass is 346 g/mol. The van der Waals surface area contributed by atoms with Crippen LogP contribution in [-0.4, -0.2) is 41.3 Å². The molecule has 1 unspecified atom stereocenters. The van der Waals surface area contributed by atoms with Gasteiger partial charge in [-0.25, -0.2) is 17.5 Å². The second kappa shape index (κ2) is 8.58. The SMILES string of the molecule is NCCCCNS(=O)(=O)c1ccc(OCC2CCOC2)c(F)c1. The zero-order valence-corrected chi connectivity index (χ0v) is 13.8. The third-order valence-electron chi connectivity index (χ3n) is 3.64. The van der Waals surface area contributed by atoms with Crippen LogP contribution in [0.4, 0.5) is 4.39 Å². The molecule has 1 aliphatic rings. The molecule has 1 heterocycles. The van der Waals surface area contributed by atoms with E-state index in [9.17, 15) is 12.8 Å². The third-order valence-corrected chi connectivity index (χ3v) is 5.09. The zero-order chi connectivity index (χ0) is 16.7. The maximum atomic E-state index is 14.0. The van der Waals surface area contributed by atoms with Gasteiger partial charge in [-0.15, -0.1) is 0 Å². The molecule has 23 heavy (non-hydrogen) atoms. The van der Waals surface area contributed by atoms with E-state index in [2.05, 4.69) is 4.72 Å². The average Bonchev–Trinajstić information content (AvgIpc) is 3.04. The first-order valence-corrected chi connectivity index (χ1v) is 9.21. The van der Waals surface area contributed by atoms with Crippen LogP contribution in [-0.2, 0) is 14.8 Å². The van der Waals surface area contributed by atoms with Crippen LogP contribution in [0.1, 0.15) is 19.3 Å². The number of ether oxygens (including phenoxy) is 2. The smallest absolute Gasteiger partial charge is 0.240 e. The highest BCUT2D eigenvalue weighted by Gasteiger charge is 2.19. The Morgan fingerprint density at radius 3 is 2.87 bits per heavy atom. The summed E-state index contributed by atoms with van der Waals surface area (Å²) in [6.45, 7) is 2.46. The van der Waals surface area contributed by atoms with E-state index >= 15 is 0 Å². The van der Waals surface area contributed by atoms with Gasteiger partial charge in [-0.1, -0.05) is 0 Å². The van der Waals surface area contributed by atoms with E-state index in [0.29, 0.717) is 32.8 Å². The number of hydrogen-bond donors (Lipinski definition) is 2. The number of benzene rings is 1. The molecule has 0 radical (unpaired) electrons. The van der Waals surface area contributed by atoms with E-state index in [1.807, 2.05) is 0 Å². The number of hydrogen-bond acceptors (Lipinski definition) is 5. The fraction of sp³-hybridized carbons (Fsp3) is 0.600. The molecular formula is C15H23FN2O4S. The molecular weight excluding hydrogens is 323 g/mol. The lowest BCUT2D eigenvalue weighted by molar-refractivity contribution is 0.165. The Balaban J connectivity index is 1.94. The van der Waals surface area contributed by atoms with Gasteiger partial charge in [0.1, 0.15) is 0 Å². The Hall–Kier alpha value is -1.22. The van der Waals surface area contributed by atoms with Crippen LogP contribution in [0, 0.1) is 11.7 Å². The molecule has 8 heteroatoms. The minimum Gasteiger partial charge on any atom is -0.490 e. The van der Waals surface area contributed by atoms with Gasteiger partial charge < -0.3 is 15.2 Å². The van der Waals surface area contributed by atoms with Gasteiger partial charge in [-0.2, -0.15) is 0 Å². The second-order valence-corrected chi connectivity index (χ2v) is 7.29. The average molecular weight is 346 g/mol. The molecule has 1 saturated heterocycles. The predicted molar refractivity (Wildman–Crippen MR) is 84.3 cm³/mol. The highest BCUT2D eigenvalue weighted by Crippen LogP contribution is 2.23. The number of sulfonamides is 1. The van der Waals surface area contributed by atoms with Crippen LogP contribution in [0.5, 0.6) is 5.75 Å². The topological polar surface area (TPSA) is 90.7 Å². The Bertz CT molecular complexity index is 603. The molecule has 0 spiro atoms. The standard InChI is InChI=1S/C15H23FN2O4S/c16-14-9-13(23(19,20)18-7-2-1-6-17)3-4-15(14)22-11-12-5-8-21-10-12/h3-4,9,12,18H,1-2,5-8,10-11,17H2. The van der Waals surface area contributed by atoms with Gasteiger partial charge in [0.05, 0.1) is 18.1 Å². The molecule has 1 fully saturated rings. The van der Waals surface area contributed by atoms with Crippen LogP contribution < -0.4 is 15.2 Å². The van der Waals surface area contributed by atoms with Gasteiger partial charge in [0, 0.05) is 19.1 Å². The maximum absolute atomic E-state index is 14.0. The minimum atomic E-state index is -3.72. The van der Waals surface area contributed by atoms with Crippen LogP contribution in [0.25, 0.3) is 0 Å². The normalized spacial score (nSPS) is 18.3. The van der Waals surface area contributed by atoms with Crippen LogP contribution in [0.2, 0.25) is 0 Å². The van der Waals surface area contributed by atoms with Crippen LogP contribution >= 0.6 is 0 Å². The van der Waals surface area contributed by atoms with Crippen LogP contribution in [0.3, 0.4) is 0 Å². The first-order valence-electron chi connectivity index (χ1n) is 7.73. The highest BCUT2D eigenvalue weighted by atomic mass is 32.2. The zero-order valence-electron chi connectivity index (χ0n) is 13.0. The Kier molecular flexibility index (Phi) is 6.76. The van der Waals surface area contributed by atoms with Crippen molar-refractivity contribution >= 4 is 10.0 Å². The molecule has 3 N–H and O–H groups in total. The number of rotatable bonds is 9. The number of unbranched alkanes of at least 4 members (excludes halogenated alkanes) is 1. The van der Waals surface area contributed by atoms with Crippen molar-refractivity contribution in [2.45, 2.75) is 24.2 Å². The van der Waals surface area contributed by atoms with Crippen molar-refractivity contribution in [2.24, 2.45) is 11.7 Å². The molecule has 0 aliphatic carbocycles. The van der Waals surface area contributed by atoms with Crippen LogP contribution in [0.15, 0.2) is 23.1 Å². The van der Waals surface area contributed by atoms with E-state index in [4.69, 9.17) is 15.2 Å². The summed E-state index contributed by atoms with van der Waals surface area (Å²) in [4.78, 5) is -0.112. The molecule has 1 aromatic rings. The van der Waals surface area contributed by atoms with Crippen molar-refractivity contribution in [1.29, 1.82) is 0 Å². The maximum Gasteiger partial charge on any atom is 0.240 e. The summed E-state index contributed by atoms with van der Waals surface area (Å²) in [7, 11) is -3.72. The third kappa shape index (κ3) is 5.42. The summed E-state index contributed by atoms with van der Waals surface area (Å²) in [5, 5.41) is 0. The van der Waals surface area contributed by atoms with Crippen molar-refractivity contribution < 1.29 is 22.3 Å². The van der Waals surface area contributed by atoms with Crippen molar-refractivity contribution in [3.05, 3.63) is 24.0 Å². The highest BCUT2D eigenvalue weighted by molar-refractivity contribution is 7.89.